The molecule has 2 rings (SSSR count). The Morgan fingerprint density at radius 1 is 1.05 bits per heavy atom. The van der Waals surface area contributed by atoms with Crippen LogP contribution in [0.3, 0.4) is 0 Å². The molecule has 0 saturated carbocycles. The lowest BCUT2D eigenvalue weighted by Crippen LogP contribution is -2.21. The maximum atomic E-state index is 12.4. The molecule has 1 aliphatic carbocycles. The predicted octanol–water partition coefficient (Wildman–Crippen LogP) is 4.36. The van der Waals surface area contributed by atoms with Gasteiger partial charge in [-0.15, -0.1) is 11.6 Å². The predicted molar refractivity (Wildman–Crippen MR) is 77.1 cm³/mol. The summed E-state index contributed by atoms with van der Waals surface area (Å²) in [6.45, 7) is 3.73. The van der Waals surface area contributed by atoms with Crippen molar-refractivity contribution >= 4 is 34.8 Å². The summed E-state index contributed by atoms with van der Waals surface area (Å²) in [6, 6.07) is 6.75. The van der Waals surface area contributed by atoms with Crippen molar-refractivity contribution < 1.29 is 9.59 Å². The lowest BCUT2D eigenvalue weighted by molar-refractivity contribution is 0.0977. The van der Waals surface area contributed by atoms with Crippen LogP contribution in [0.4, 0.5) is 0 Å². The summed E-state index contributed by atoms with van der Waals surface area (Å²) in [7, 11) is 0. The molecule has 19 heavy (non-hydrogen) atoms. The number of halogens is 2. The highest BCUT2D eigenvalue weighted by molar-refractivity contribution is 6.50. The van der Waals surface area contributed by atoms with E-state index in [9.17, 15) is 9.59 Å². The Balaban J connectivity index is 2.38. The molecule has 0 aromatic heterocycles. The van der Waals surface area contributed by atoms with Crippen LogP contribution in [-0.2, 0) is 0 Å². The summed E-state index contributed by atoms with van der Waals surface area (Å²) >= 11 is 12.2. The molecule has 2 nitrogen and oxygen atoms in total. The maximum Gasteiger partial charge on any atom is 0.205 e. The number of Topliss-reactive ketones (excluding diaryl/α,β-unsaturated/α-hetero) is 2. The summed E-state index contributed by atoms with van der Waals surface area (Å²) in [6.07, 6.45) is 0.996. The van der Waals surface area contributed by atoms with Gasteiger partial charge in [-0.2, -0.15) is 0 Å². The number of alkyl halides is 1. The SMILES string of the molecule is CC(C)(Cl)CCC1=C(Cl)C(=O)c2ccccc2C1=O. The van der Waals surface area contributed by atoms with Crippen LogP contribution in [-0.4, -0.2) is 16.4 Å². The summed E-state index contributed by atoms with van der Waals surface area (Å²) in [5, 5.41) is 0.0321. The smallest absolute Gasteiger partial charge is 0.205 e. The van der Waals surface area contributed by atoms with E-state index in [1.54, 1.807) is 24.3 Å². The molecule has 0 aliphatic heterocycles. The first-order valence-corrected chi connectivity index (χ1v) is 6.83. The molecule has 0 atom stereocenters. The molecule has 4 heteroatoms. The van der Waals surface area contributed by atoms with Gasteiger partial charge in [0.05, 0.1) is 5.03 Å². The van der Waals surface area contributed by atoms with E-state index < -0.39 is 4.87 Å². The van der Waals surface area contributed by atoms with Crippen LogP contribution in [0.1, 0.15) is 47.4 Å². The van der Waals surface area contributed by atoms with Gasteiger partial charge in [-0.1, -0.05) is 35.9 Å². The third kappa shape index (κ3) is 2.90. The number of rotatable bonds is 3. The Labute approximate surface area is 122 Å². The quantitative estimate of drug-likeness (QED) is 0.777. The number of benzene rings is 1. The van der Waals surface area contributed by atoms with Gasteiger partial charge in [0, 0.05) is 21.6 Å². The molecule has 100 valence electrons. The topological polar surface area (TPSA) is 34.1 Å². The van der Waals surface area contributed by atoms with E-state index in [1.807, 2.05) is 13.8 Å². The molecule has 0 unspecified atom stereocenters. The fourth-order valence-corrected chi connectivity index (χ4v) is 2.42. The minimum absolute atomic E-state index is 0.0321. The van der Waals surface area contributed by atoms with E-state index in [-0.39, 0.29) is 16.6 Å². The van der Waals surface area contributed by atoms with Gasteiger partial charge in [-0.3, -0.25) is 9.59 Å². The highest BCUT2D eigenvalue weighted by Gasteiger charge is 2.31. The Morgan fingerprint density at radius 2 is 1.58 bits per heavy atom. The number of hydrogen-bond donors (Lipinski definition) is 0. The molecule has 0 radical (unpaired) electrons. The first kappa shape index (κ1) is 14.3. The van der Waals surface area contributed by atoms with E-state index in [1.165, 1.54) is 0 Å². The third-order valence-corrected chi connectivity index (χ3v) is 3.71. The molecule has 1 aromatic rings. The van der Waals surface area contributed by atoms with Crippen molar-refractivity contribution in [3.05, 3.63) is 46.0 Å². The van der Waals surface area contributed by atoms with Gasteiger partial charge in [0.25, 0.3) is 0 Å². The summed E-state index contributed by atoms with van der Waals surface area (Å²) in [5.74, 6) is -0.444. The second kappa shape index (κ2) is 5.10. The van der Waals surface area contributed by atoms with Crippen LogP contribution in [0.5, 0.6) is 0 Å². The Morgan fingerprint density at radius 3 is 2.11 bits per heavy atom. The molecule has 0 bridgehead atoms. The van der Waals surface area contributed by atoms with Crippen molar-refractivity contribution in [1.82, 2.24) is 0 Å². The third-order valence-electron chi connectivity index (χ3n) is 3.12. The summed E-state index contributed by atoms with van der Waals surface area (Å²) < 4.78 is 0. The van der Waals surface area contributed by atoms with E-state index in [4.69, 9.17) is 23.2 Å². The average molecular weight is 297 g/mol. The lowest BCUT2D eigenvalue weighted by Gasteiger charge is -2.20. The molecule has 1 aromatic carbocycles. The summed E-state index contributed by atoms with van der Waals surface area (Å²) in [5.41, 5.74) is 1.18. The van der Waals surface area contributed by atoms with E-state index in [0.717, 1.165) is 0 Å². The van der Waals surface area contributed by atoms with Crippen molar-refractivity contribution in [2.75, 3.05) is 0 Å². The van der Waals surface area contributed by atoms with Crippen LogP contribution < -0.4 is 0 Å². The molecular formula is C15H14Cl2O2. The second-order valence-electron chi connectivity index (χ2n) is 5.22. The molecule has 0 fully saturated rings. The van der Waals surface area contributed by atoms with Crippen molar-refractivity contribution in [2.24, 2.45) is 0 Å². The first-order chi connectivity index (χ1) is 8.81. The lowest BCUT2D eigenvalue weighted by atomic mass is 9.86. The van der Waals surface area contributed by atoms with Crippen molar-refractivity contribution in [2.45, 2.75) is 31.6 Å². The Hall–Kier alpha value is -1.12. The molecule has 0 spiro atoms. The highest BCUT2D eigenvalue weighted by Crippen LogP contribution is 2.33. The van der Waals surface area contributed by atoms with Gasteiger partial charge in [0.1, 0.15) is 0 Å². The van der Waals surface area contributed by atoms with Crippen LogP contribution in [0, 0.1) is 0 Å². The summed E-state index contributed by atoms with van der Waals surface area (Å²) in [4.78, 5) is 24.0. The maximum absolute atomic E-state index is 12.4. The number of carbonyl (C=O) groups excluding carboxylic acids is 2. The minimum Gasteiger partial charge on any atom is -0.289 e. The molecule has 1 aliphatic rings. The van der Waals surface area contributed by atoms with Crippen molar-refractivity contribution in [3.8, 4) is 0 Å². The average Bonchev–Trinajstić information content (AvgIpc) is 2.35. The molecule has 0 heterocycles. The molecular weight excluding hydrogens is 283 g/mol. The van der Waals surface area contributed by atoms with Crippen LogP contribution >= 0.6 is 23.2 Å². The Kier molecular flexibility index (Phi) is 3.84. The van der Waals surface area contributed by atoms with Crippen molar-refractivity contribution in [1.29, 1.82) is 0 Å². The molecule has 0 N–H and O–H groups in total. The van der Waals surface area contributed by atoms with E-state index in [0.29, 0.717) is 29.5 Å². The zero-order chi connectivity index (χ0) is 14.2. The zero-order valence-electron chi connectivity index (χ0n) is 10.8. The minimum atomic E-state index is -0.426. The number of allylic oxidation sites excluding steroid dienone is 2. The van der Waals surface area contributed by atoms with Gasteiger partial charge in [-0.25, -0.2) is 0 Å². The normalized spacial score (nSPS) is 15.8. The second-order valence-corrected chi connectivity index (χ2v) is 6.62. The monoisotopic (exact) mass is 296 g/mol. The largest absolute Gasteiger partial charge is 0.289 e. The van der Waals surface area contributed by atoms with E-state index in [2.05, 4.69) is 0 Å². The molecule has 0 saturated heterocycles. The Bertz CT molecular complexity index is 580. The van der Waals surface area contributed by atoms with Gasteiger partial charge in [0.2, 0.25) is 5.78 Å². The van der Waals surface area contributed by atoms with Gasteiger partial charge in [0.15, 0.2) is 5.78 Å². The van der Waals surface area contributed by atoms with Crippen LogP contribution in [0.15, 0.2) is 34.9 Å². The standard InChI is InChI=1S/C15H14Cl2O2/c1-15(2,17)8-7-11-12(16)14(19)10-6-4-3-5-9(10)13(11)18/h3-6H,7-8H2,1-2H3. The first-order valence-electron chi connectivity index (χ1n) is 6.07. The fourth-order valence-electron chi connectivity index (χ4n) is 2.04. The van der Waals surface area contributed by atoms with Crippen LogP contribution in [0.2, 0.25) is 0 Å². The number of fused-ring (bicyclic) bond motifs is 1. The van der Waals surface area contributed by atoms with Gasteiger partial charge < -0.3 is 0 Å². The van der Waals surface area contributed by atoms with E-state index >= 15 is 0 Å². The van der Waals surface area contributed by atoms with Crippen LogP contribution in [0.25, 0.3) is 0 Å². The number of carbonyl (C=O) groups is 2. The number of ketones is 2. The van der Waals surface area contributed by atoms with Crippen molar-refractivity contribution in [3.63, 3.8) is 0 Å². The molecule has 0 amide bonds. The van der Waals surface area contributed by atoms with Gasteiger partial charge >= 0.3 is 0 Å². The fraction of sp³-hybridized carbons (Fsp3) is 0.333. The van der Waals surface area contributed by atoms with Gasteiger partial charge in [-0.05, 0) is 26.7 Å². The number of hydrogen-bond acceptors (Lipinski definition) is 2. The highest BCUT2D eigenvalue weighted by atomic mass is 35.5. The zero-order valence-corrected chi connectivity index (χ0v) is 12.3.